The molecule has 10 heteroatoms. The summed E-state index contributed by atoms with van der Waals surface area (Å²) in [6.45, 7) is 6.59. The number of nitrogens with zero attached hydrogens (tertiary/aromatic N) is 3. The molecule has 38 heavy (non-hydrogen) atoms. The highest BCUT2D eigenvalue weighted by molar-refractivity contribution is 6.05. The largest absolute Gasteiger partial charge is 0.493 e. The van der Waals surface area contributed by atoms with Gasteiger partial charge in [0.05, 0.1) is 26.2 Å². The lowest BCUT2D eigenvalue weighted by Gasteiger charge is -2.36. The lowest BCUT2D eigenvalue weighted by Crippen LogP contribution is -2.45. The number of likely N-dealkylation sites (tertiary alicyclic amines) is 1. The number of carbonyl (C=O) groups is 2. The first-order valence-electron chi connectivity index (χ1n) is 12.9. The molecule has 1 atom stereocenters. The molecule has 2 fully saturated rings. The number of amides is 2. The first kappa shape index (κ1) is 26.2. The molecule has 1 aromatic carbocycles. The highest BCUT2D eigenvalue weighted by atomic mass is 19.1. The minimum absolute atomic E-state index is 0.00281. The summed E-state index contributed by atoms with van der Waals surface area (Å²) in [5.74, 6) is -2.67. The third kappa shape index (κ3) is 4.43. The van der Waals surface area contributed by atoms with Crippen LogP contribution in [0.1, 0.15) is 69.2 Å². The van der Waals surface area contributed by atoms with Crippen LogP contribution in [-0.2, 0) is 21.5 Å². The van der Waals surface area contributed by atoms with Gasteiger partial charge in [0, 0.05) is 37.0 Å². The summed E-state index contributed by atoms with van der Waals surface area (Å²) in [5, 5.41) is 0. The number of hydrogen-bond acceptors (Lipinski definition) is 6. The van der Waals surface area contributed by atoms with Crippen molar-refractivity contribution in [3.05, 3.63) is 46.8 Å². The Hall–Kier alpha value is -3.43. The molecule has 1 spiro atoms. The number of benzene rings is 1. The summed E-state index contributed by atoms with van der Waals surface area (Å²) in [5.41, 5.74) is 0.502. The van der Waals surface area contributed by atoms with E-state index in [4.69, 9.17) is 14.2 Å². The van der Waals surface area contributed by atoms with Crippen molar-refractivity contribution < 1.29 is 32.6 Å². The number of anilines is 1. The number of ether oxygens (including phenoxy) is 3. The van der Waals surface area contributed by atoms with Crippen LogP contribution in [-0.4, -0.2) is 54.8 Å². The Balaban J connectivity index is 1.46. The number of halogens is 2. The van der Waals surface area contributed by atoms with E-state index in [1.54, 1.807) is 11.1 Å². The standard InChI is InChI=1S/C28H33F2N3O5/c1-27(2,3)38-26(35)32-10-6-7-16(14-32)19-11-18-17(13-31-19)15-33(25(34)28(18)8-9-28)24-22(29)20(36-4)12-21(37-5)23(24)30/h11-13,16H,6-10,14-15H2,1-5H3. The van der Waals surface area contributed by atoms with E-state index in [0.29, 0.717) is 25.9 Å². The molecule has 1 saturated heterocycles. The topological polar surface area (TPSA) is 81.2 Å². The molecule has 2 amide bonds. The van der Waals surface area contributed by atoms with Crippen molar-refractivity contribution in [2.75, 3.05) is 32.2 Å². The van der Waals surface area contributed by atoms with Crippen LogP contribution in [0.3, 0.4) is 0 Å². The number of rotatable bonds is 4. The van der Waals surface area contributed by atoms with Crippen LogP contribution in [0.4, 0.5) is 19.3 Å². The zero-order valence-corrected chi connectivity index (χ0v) is 22.4. The van der Waals surface area contributed by atoms with Crippen molar-refractivity contribution in [1.29, 1.82) is 0 Å². The molecule has 1 aliphatic carbocycles. The molecule has 1 unspecified atom stereocenters. The van der Waals surface area contributed by atoms with E-state index in [1.807, 2.05) is 26.8 Å². The molecule has 8 nitrogen and oxygen atoms in total. The third-order valence-corrected chi connectivity index (χ3v) is 7.57. The lowest BCUT2D eigenvalue weighted by atomic mass is 9.84. The molecule has 1 saturated carbocycles. The van der Waals surface area contributed by atoms with Gasteiger partial charge in [0.1, 0.15) is 11.3 Å². The molecule has 2 aromatic rings. The summed E-state index contributed by atoms with van der Waals surface area (Å²) in [6.07, 6.45) is 4.19. The second-order valence-corrected chi connectivity index (χ2v) is 11.3. The Morgan fingerprint density at radius 3 is 2.34 bits per heavy atom. The fourth-order valence-electron chi connectivity index (χ4n) is 5.52. The molecule has 204 valence electrons. The van der Waals surface area contributed by atoms with E-state index in [-0.39, 0.29) is 36.0 Å². The summed E-state index contributed by atoms with van der Waals surface area (Å²) in [6, 6.07) is 3.09. The number of aromatic nitrogens is 1. The van der Waals surface area contributed by atoms with Crippen LogP contribution in [0.5, 0.6) is 11.5 Å². The fourth-order valence-corrected chi connectivity index (χ4v) is 5.52. The summed E-state index contributed by atoms with van der Waals surface area (Å²) in [7, 11) is 2.55. The number of carbonyl (C=O) groups excluding carboxylic acids is 2. The Morgan fingerprint density at radius 1 is 1.11 bits per heavy atom. The van der Waals surface area contributed by atoms with Crippen molar-refractivity contribution in [2.24, 2.45) is 0 Å². The molecule has 0 bridgehead atoms. The first-order chi connectivity index (χ1) is 18.0. The molecule has 0 radical (unpaired) electrons. The lowest BCUT2D eigenvalue weighted by molar-refractivity contribution is -0.121. The highest BCUT2D eigenvalue weighted by Crippen LogP contribution is 2.55. The maximum absolute atomic E-state index is 15.3. The number of fused-ring (bicyclic) bond motifs is 2. The summed E-state index contributed by atoms with van der Waals surface area (Å²) < 4.78 is 46.3. The van der Waals surface area contributed by atoms with Crippen LogP contribution >= 0.6 is 0 Å². The Bertz CT molecular complexity index is 1260. The van der Waals surface area contributed by atoms with Crippen LogP contribution in [0.25, 0.3) is 0 Å². The number of pyridine rings is 1. The Labute approximate surface area is 220 Å². The monoisotopic (exact) mass is 529 g/mol. The van der Waals surface area contributed by atoms with Gasteiger partial charge in [-0.1, -0.05) is 0 Å². The minimum Gasteiger partial charge on any atom is -0.493 e. The highest BCUT2D eigenvalue weighted by Gasteiger charge is 2.57. The molecule has 3 aliphatic rings. The normalized spacial score (nSPS) is 20.3. The second kappa shape index (κ2) is 9.39. The molecule has 2 aliphatic heterocycles. The van der Waals surface area contributed by atoms with E-state index in [1.165, 1.54) is 14.2 Å². The van der Waals surface area contributed by atoms with Gasteiger partial charge in [0.25, 0.3) is 0 Å². The van der Waals surface area contributed by atoms with Crippen molar-refractivity contribution >= 4 is 17.7 Å². The van der Waals surface area contributed by atoms with Crippen LogP contribution in [0.2, 0.25) is 0 Å². The smallest absolute Gasteiger partial charge is 0.410 e. The zero-order chi connectivity index (χ0) is 27.4. The number of methoxy groups -OCH3 is 2. The average molecular weight is 530 g/mol. The zero-order valence-electron chi connectivity index (χ0n) is 22.4. The van der Waals surface area contributed by atoms with E-state index < -0.39 is 28.3 Å². The first-order valence-corrected chi connectivity index (χ1v) is 12.9. The summed E-state index contributed by atoms with van der Waals surface area (Å²) >= 11 is 0. The quantitative estimate of drug-likeness (QED) is 0.550. The average Bonchev–Trinajstić information content (AvgIpc) is 3.68. The van der Waals surface area contributed by atoms with E-state index in [2.05, 4.69) is 4.98 Å². The number of piperidine rings is 1. The van der Waals surface area contributed by atoms with Gasteiger partial charge in [-0.05, 0) is 63.6 Å². The molecule has 1 aromatic heterocycles. The van der Waals surface area contributed by atoms with Gasteiger partial charge < -0.3 is 24.0 Å². The SMILES string of the molecule is COc1cc(OC)c(F)c(N2Cc3cnc(C4CCCN(C(=O)OC(C)(C)C)C4)cc3C3(CC3)C2=O)c1F. The fraction of sp³-hybridized carbons (Fsp3) is 0.536. The van der Waals surface area contributed by atoms with E-state index >= 15 is 8.78 Å². The van der Waals surface area contributed by atoms with Crippen molar-refractivity contribution in [3.63, 3.8) is 0 Å². The van der Waals surface area contributed by atoms with Gasteiger partial charge in [-0.2, -0.15) is 0 Å². The number of hydrogen-bond donors (Lipinski definition) is 0. The molecule has 0 N–H and O–H groups in total. The van der Waals surface area contributed by atoms with E-state index in [9.17, 15) is 9.59 Å². The van der Waals surface area contributed by atoms with Crippen LogP contribution in [0.15, 0.2) is 18.3 Å². The van der Waals surface area contributed by atoms with Gasteiger partial charge in [0.2, 0.25) is 5.91 Å². The van der Waals surface area contributed by atoms with Gasteiger partial charge in [0.15, 0.2) is 23.1 Å². The molecular formula is C28H33F2N3O5. The molecule has 5 rings (SSSR count). The van der Waals surface area contributed by atoms with Gasteiger partial charge >= 0.3 is 6.09 Å². The Morgan fingerprint density at radius 2 is 1.76 bits per heavy atom. The van der Waals surface area contributed by atoms with Gasteiger partial charge in [-0.25, -0.2) is 13.6 Å². The predicted octanol–water partition coefficient (Wildman–Crippen LogP) is 5.07. The van der Waals surface area contributed by atoms with Gasteiger partial charge in [-0.3, -0.25) is 9.78 Å². The van der Waals surface area contributed by atoms with Crippen molar-refractivity contribution in [3.8, 4) is 11.5 Å². The van der Waals surface area contributed by atoms with Crippen LogP contribution in [0, 0.1) is 11.6 Å². The maximum Gasteiger partial charge on any atom is 0.410 e. The minimum atomic E-state index is -0.951. The maximum atomic E-state index is 15.3. The molecular weight excluding hydrogens is 496 g/mol. The third-order valence-electron chi connectivity index (χ3n) is 7.57. The van der Waals surface area contributed by atoms with Crippen molar-refractivity contribution in [1.82, 2.24) is 9.88 Å². The van der Waals surface area contributed by atoms with Crippen LogP contribution < -0.4 is 14.4 Å². The van der Waals surface area contributed by atoms with E-state index in [0.717, 1.165) is 40.6 Å². The Kier molecular flexibility index (Phi) is 6.47. The van der Waals surface area contributed by atoms with Crippen molar-refractivity contribution in [2.45, 2.75) is 69.9 Å². The second-order valence-electron chi connectivity index (χ2n) is 11.3. The molecule has 3 heterocycles. The van der Waals surface area contributed by atoms with Gasteiger partial charge in [-0.15, -0.1) is 0 Å². The summed E-state index contributed by atoms with van der Waals surface area (Å²) in [4.78, 5) is 34.0. The predicted molar refractivity (Wildman–Crippen MR) is 136 cm³/mol.